The second kappa shape index (κ2) is 7.25. The minimum atomic E-state index is -0.180. The average molecular weight is 408 g/mol. The summed E-state index contributed by atoms with van der Waals surface area (Å²) in [5.41, 5.74) is 2.42. The largest absolute Gasteiger partial charge is 0.365 e. The Labute approximate surface area is 177 Å². The number of likely N-dealkylation sites (tertiary alicyclic amines) is 1. The number of benzene rings is 1. The lowest BCUT2D eigenvalue weighted by Crippen LogP contribution is -2.54. The van der Waals surface area contributed by atoms with Gasteiger partial charge in [0, 0.05) is 44.3 Å². The number of hydrogen-bond donors (Lipinski definition) is 0. The maximum absolute atomic E-state index is 12.8. The molecular weight excluding hydrogens is 378 g/mol. The van der Waals surface area contributed by atoms with E-state index >= 15 is 0 Å². The minimum Gasteiger partial charge on any atom is -0.365 e. The Bertz CT molecular complexity index is 879. The van der Waals surface area contributed by atoms with Crippen molar-refractivity contribution in [1.29, 1.82) is 0 Å². The van der Waals surface area contributed by atoms with Crippen molar-refractivity contribution < 1.29 is 14.4 Å². The third-order valence-corrected chi connectivity index (χ3v) is 7.46. The molecule has 4 aliphatic rings. The molecule has 0 unspecified atom stereocenters. The number of piperazine rings is 1. The second-order valence-corrected chi connectivity index (χ2v) is 9.30. The van der Waals surface area contributed by atoms with E-state index in [4.69, 9.17) is 0 Å². The molecule has 2 aliphatic carbocycles. The highest BCUT2D eigenvalue weighted by Crippen LogP contribution is 2.52. The number of rotatable bonds is 4. The third kappa shape index (κ3) is 3.04. The topological polar surface area (TPSA) is 60.9 Å². The summed E-state index contributed by atoms with van der Waals surface area (Å²) in [5, 5.41) is 0. The summed E-state index contributed by atoms with van der Waals surface area (Å²) >= 11 is 0. The van der Waals surface area contributed by atoms with Crippen LogP contribution in [0.2, 0.25) is 0 Å². The molecule has 3 fully saturated rings. The molecule has 5 atom stereocenters. The summed E-state index contributed by atoms with van der Waals surface area (Å²) in [6.45, 7) is 6.54. The number of anilines is 1. The van der Waals surface area contributed by atoms with E-state index in [0.29, 0.717) is 13.1 Å². The van der Waals surface area contributed by atoms with Crippen LogP contribution in [0, 0.1) is 30.6 Å². The molecule has 0 N–H and O–H groups in total. The van der Waals surface area contributed by atoms with E-state index in [1.807, 2.05) is 4.90 Å². The first-order chi connectivity index (χ1) is 14.4. The zero-order valence-corrected chi connectivity index (χ0v) is 17.7. The highest BCUT2D eigenvalue weighted by molar-refractivity contribution is 6.06. The summed E-state index contributed by atoms with van der Waals surface area (Å²) in [6.07, 6.45) is 5.35. The smallest absolute Gasteiger partial charge is 0.233 e. The van der Waals surface area contributed by atoms with Gasteiger partial charge < -0.3 is 9.80 Å². The van der Waals surface area contributed by atoms with Gasteiger partial charge in [-0.1, -0.05) is 29.8 Å². The van der Waals surface area contributed by atoms with Crippen LogP contribution in [0.1, 0.15) is 25.3 Å². The van der Waals surface area contributed by atoms with Gasteiger partial charge in [0.15, 0.2) is 0 Å². The molecule has 6 heteroatoms. The Kier molecular flexibility index (Phi) is 4.68. The molecule has 6 nitrogen and oxygen atoms in total. The van der Waals surface area contributed by atoms with Crippen LogP contribution in [0.5, 0.6) is 0 Å². The van der Waals surface area contributed by atoms with Crippen LogP contribution in [0.25, 0.3) is 0 Å². The predicted molar refractivity (Wildman–Crippen MR) is 114 cm³/mol. The Morgan fingerprint density at radius 3 is 2.23 bits per heavy atom. The predicted octanol–water partition coefficient (Wildman–Crippen LogP) is 2.23. The van der Waals surface area contributed by atoms with Crippen LogP contribution in [0.4, 0.5) is 5.69 Å². The van der Waals surface area contributed by atoms with Crippen LogP contribution in [0.3, 0.4) is 0 Å². The number of fused-ring (bicyclic) bond motifs is 5. The van der Waals surface area contributed by atoms with Gasteiger partial charge in [-0.15, -0.1) is 0 Å². The van der Waals surface area contributed by atoms with Gasteiger partial charge in [-0.05, 0) is 44.2 Å². The van der Waals surface area contributed by atoms with Crippen LogP contribution in [-0.2, 0) is 14.4 Å². The molecule has 1 saturated carbocycles. The second-order valence-electron chi connectivity index (χ2n) is 9.30. The zero-order chi connectivity index (χ0) is 21.0. The van der Waals surface area contributed by atoms with Gasteiger partial charge in [0.05, 0.1) is 11.8 Å². The first kappa shape index (κ1) is 19.3. The summed E-state index contributed by atoms with van der Waals surface area (Å²) in [5.74, 6) is -0.0226. The van der Waals surface area contributed by atoms with Gasteiger partial charge in [0.25, 0.3) is 0 Å². The van der Waals surface area contributed by atoms with Gasteiger partial charge in [-0.2, -0.15) is 0 Å². The summed E-state index contributed by atoms with van der Waals surface area (Å²) in [7, 11) is 0. The Balaban J connectivity index is 1.17. The summed E-state index contributed by atoms with van der Waals surface area (Å²) < 4.78 is 0. The maximum atomic E-state index is 12.8. The van der Waals surface area contributed by atoms with Gasteiger partial charge in [0.1, 0.15) is 0 Å². The van der Waals surface area contributed by atoms with Crippen LogP contribution < -0.4 is 4.90 Å². The number of allylic oxidation sites excluding steroid dienone is 2. The monoisotopic (exact) mass is 407 g/mol. The lowest BCUT2D eigenvalue weighted by molar-refractivity contribution is -0.141. The highest BCUT2D eigenvalue weighted by atomic mass is 16.2. The van der Waals surface area contributed by atoms with Crippen molar-refractivity contribution in [2.45, 2.75) is 32.7 Å². The van der Waals surface area contributed by atoms with Crippen molar-refractivity contribution in [2.75, 3.05) is 31.1 Å². The summed E-state index contributed by atoms with van der Waals surface area (Å²) in [6, 6.07) is 8.71. The molecule has 2 aliphatic heterocycles. The minimum absolute atomic E-state index is 0.0316. The maximum Gasteiger partial charge on any atom is 0.233 e. The number of carbonyl (C=O) groups is 3. The number of hydrogen-bond acceptors (Lipinski definition) is 4. The van der Waals surface area contributed by atoms with Crippen molar-refractivity contribution in [3.63, 3.8) is 0 Å². The van der Waals surface area contributed by atoms with Gasteiger partial charge in [-0.25, -0.2) is 0 Å². The molecule has 2 saturated heterocycles. The molecule has 0 spiro atoms. The Morgan fingerprint density at radius 2 is 1.63 bits per heavy atom. The molecule has 1 aromatic rings. The number of carbonyl (C=O) groups excluding carboxylic acids is 3. The third-order valence-electron chi connectivity index (χ3n) is 7.46. The number of imide groups is 1. The van der Waals surface area contributed by atoms with E-state index in [2.05, 4.69) is 55.2 Å². The van der Waals surface area contributed by atoms with Crippen LogP contribution in [0.15, 0.2) is 36.4 Å². The van der Waals surface area contributed by atoms with Gasteiger partial charge >= 0.3 is 0 Å². The van der Waals surface area contributed by atoms with E-state index in [9.17, 15) is 14.4 Å². The first-order valence-electron chi connectivity index (χ1n) is 11.1. The standard InChI is InChI=1S/C24H29N3O3/c1-15-3-7-19(8-4-15)26-12-11-25(14-16(26)2)20(28)9-10-27-23(29)21-17-5-6-18(13-17)22(21)24(27)30/h3-8,16-18,21-22H,9-14H2,1-2H3/t16-,17-,18-,21+,22+/m0/s1. The zero-order valence-electron chi connectivity index (χ0n) is 17.7. The number of nitrogens with zero attached hydrogens (tertiary/aromatic N) is 3. The molecule has 0 aromatic heterocycles. The van der Waals surface area contributed by atoms with E-state index in [1.54, 1.807) is 0 Å². The van der Waals surface area contributed by atoms with Crippen molar-refractivity contribution >= 4 is 23.4 Å². The van der Waals surface area contributed by atoms with E-state index in [0.717, 1.165) is 13.0 Å². The van der Waals surface area contributed by atoms with Crippen LogP contribution in [-0.4, -0.2) is 59.7 Å². The Hall–Kier alpha value is -2.63. The Morgan fingerprint density at radius 1 is 1.00 bits per heavy atom. The van der Waals surface area contributed by atoms with E-state index in [-0.39, 0.29) is 60.4 Å². The van der Waals surface area contributed by atoms with Crippen molar-refractivity contribution in [3.05, 3.63) is 42.0 Å². The van der Waals surface area contributed by atoms with Crippen LogP contribution >= 0.6 is 0 Å². The van der Waals surface area contributed by atoms with E-state index < -0.39 is 0 Å². The molecule has 30 heavy (non-hydrogen) atoms. The summed E-state index contributed by atoms with van der Waals surface area (Å²) in [4.78, 5) is 44.0. The molecule has 158 valence electrons. The molecule has 0 radical (unpaired) electrons. The number of amides is 3. The molecule has 5 rings (SSSR count). The van der Waals surface area contributed by atoms with Gasteiger partial charge in [0.2, 0.25) is 17.7 Å². The fraction of sp³-hybridized carbons (Fsp3) is 0.542. The van der Waals surface area contributed by atoms with E-state index in [1.165, 1.54) is 16.2 Å². The SMILES string of the molecule is Cc1ccc(N2CCN(C(=O)CCN3C(=O)[C@H]4[C@H](C3=O)[C@H]3C=C[C@H]4C3)C[C@@H]2C)cc1. The molecule has 1 aromatic carbocycles. The first-order valence-corrected chi connectivity index (χ1v) is 11.1. The molecule has 3 amide bonds. The fourth-order valence-electron chi connectivity index (χ4n) is 5.85. The van der Waals surface area contributed by atoms with Crippen molar-refractivity contribution in [1.82, 2.24) is 9.80 Å². The number of aryl methyl sites for hydroxylation is 1. The molecular formula is C24H29N3O3. The lowest BCUT2D eigenvalue weighted by Gasteiger charge is -2.41. The lowest BCUT2D eigenvalue weighted by atomic mass is 9.85. The van der Waals surface area contributed by atoms with Gasteiger partial charge in [-0.3, -0.25) is 19.3 Å². The molecule has 2 heterocycles. The molecule has 2 bridgehead atoms. The quantitative estimate of drug-likeness (QED) is 0.567. The fourth-order valence-corrected chi connectivity index (χ4v) is 5.85. The normalized spacial score (nSPS) is 32.3. The van der Waals surface area contributed by atoms with Crippen molar-refractivity contribution in [3.8, 4) is 0 Å². The van der Waals surface area contributed by atoms with Crippen molar-refractivity contribution in [2.24, 2.45) is 23.7 Å². The highest BCUT2D eigenvalue weighted by Gasteiger charge is 2.59. The average Bonchev–Trinajstić information content (AvgIpc) is 3.41.